The Morgan fingerprint density at radius 1 is 1.08 bits per heavy atom. The Bertz CT molecular complexity index is 880. The number of hydrogen-bond donors (Lipinski definition) is 0. The Morgan fingerprint density at radius 2 is 1.80 bits per heavy atom. The molecule has 0 fully saturated rings. The molecule has 0 radical (unpaired) electrons. The van der Waals surface area contributed by atoms with Gasteiger partial charge in [0.1, 0.15) is 12.4 Å². The van der Waals surface area contributed by atoms with Crippen molar-refractivity contribution in [2.45, 2.75) is 13.8 Å². The highest BCUT2D eigenvalue weighted by atomic mass is 16.5. The molecule has 0 aliphatic heterocycles. The average molecular weight is 334 g/mol. The van der Waals surface area contributed by atoms with Crippen molar-refractivity contribution in [3.8, 4) is 5.75 Å². The van der Waals surface area contributed by atoms with Crippen LogP contribution in [0.2, 0.25) is 0 Å². The highest BCUT2D eigenvalue weighted by Gasteiger charge is 2.15. The molecule has 0 saturated heterocycles. The largest absolute Gasteiger partial charge is 0.492 e. The Labute approximate surface area is 148 Å². The highest BCUT2D eigenvalue weighted by molar-refractivity contribution is 6.05. The molecule has 0 N–H and O–H groups in total. The van der Waals surface area contributed by atoms with Gasteiger partial charge in [0.25, 0.3) is 5.91 Å². The lowest BCUT2D eigenvalue weighted by Crippen LogP contribution is -2.31. The maximum atomic E-state index is 12.7. The summed E-state index contributed by atoms with van der Waals surface area (Å²) in [5, 5.41) is 0.966. The Balaban J connectivity index is 1.66. The van der Waals surface area contributed by atoms with E-state index in [2.05, 4.69) is 11.1 Å². The van der Waals surface area contributed by atoms with E-state index in [1.807, 2.05) is 56.3 Å². The van der Waals surface area contributed by atoms with Gasteiger partial charge in [-0.15, -0.1) is 0 Å². The number of carbonyl (C=O) groups excluding carboxylic acids is 1. The number of aryl methyl sites for hydroxylation is 2. The zero-order chi connectivity index (χ0) is 17.8. The number of para-hydroxylation sites is 1. The summed E-state index contributed by atoms with van der Waals surface area (Å²) >= 11 is 0. The van der Waals surface area contributed by atoms with Gasteiger partial charge in [-0.05, 0) is 49.2 Å². The normalized spacial score (nSPS) is 10.7. The fraction of sp³-hybridized carbons (Fsp3) is 0.238. The van der Waals surface area contributed by atoms with Crippen molar-refractivity contribution in [2.24, 2.45) is 0 Å². The minimum atomic E-state index is -0.0478. The van der Waals surface area contributed by atoms with E-state index in [0.29, 0.717) is 18.7 Å². The summed E-state index contributed by atoms with van der Waals surface area (Å²) in [6, 6.07) is 15.6. The van der Waals surface area contributed by atoms with Crippen molar-refractivity contribution in [1.29, 1.82) is 0 Å². The van der Waals surface area contributed by atoms with Crippen molar-refractivity contribution in [3.05, 3.63) is 71.4 Å². The maximum Gasteiger partial charge on any atom is 0.255 e. The summed E-state index contributed by atoms with van der Waals surface area (Å²) in [5.41, 5.74) is 3.69. The van der Waals surface area contributed by atoms with Crippen LogP contribution >= 0.6 is 0 Å². The lowest BCUT2D eigenvalue weighted by atomic mass is 10.1. The first-order valence-corrected chi connectivity index (χ1v) is 8.35. The third-order valence-electron chi connectivity index (χ3n) is 4.10. The van der Waals surface area contributed by atoms with Gasteiger partial charge in [-0.25, -0.2) is 0 Å². The van der Waals surface area contributed by atoms with Crippen LogP contribution in [-0.2, 0) is 0 Å². The molecule has 2 aromatic carbocycles. The molecule has 0 unspecified atom stereocenters. The number of amides is 1. The summed E-state index contributed by atoms with van der Waals surface area (Å²) in [5.74, 6) is 0.790. The van der Waals surface area contributed by atoms with E-state index in [0.717, 1.165) is 16.7 Å². The van der Waals surface area contributed by atoms with Crippen LogP contribution in [0.3, 0.4) is 0 Å². The Hall–Kier alpha value is -2.88. The van der Waals surface area contributed by atoms with Gasteiger partial charge in [-0.2, -0.15) is 0 Å². The second-order valence-corrected chi connectivity index (χ2v) is 6.28. The molecule has 4 heteroatoms. The lowest BCUT2D eigenvalue weighted by Gasteiger charge is -2.18. The molecule has 128 valence electrons. The SMILES string of the molecule is Cc1cc(C)cc(OCCN(C)C(=O)c2cccc3cccnc23)c1. The van der Waals surface area contributed by atoms with Crippen LogP contribution in [0.15, 0.2) is 54.7 Å². The molecular weight excluding hydrogens is 312 g/mol. The molecule has 1 amide bonds. The molecule has 3 rings (SSSR count). The molecule has 1 heterocycles. The predicted molar refractivity (Wildman–Crippen MR) is 100 cm³/mol. The minimum absolute atomic E-state index is 0.0478. The van der Waals surface area contributed by atoms with E-state index in [-0.39, 0.29) is 5.91 Å². The van der Waals surface area contributed by atoms with Crippen LogP contribution in [0.4, 0.5) is 0 Å². The number of nitrogens with zero attached hydrogens (tertiary/aromatic N) is 2. The number of rotatable bonds is 5. The molecule has 0 bridgehead atoms. The molecule has 0 aliphatic rings. The third-order valence-corrected chi connectivity index (χ3v) is 4.10. The average Bonchev–Trinajstić information content (AvgIpc) is 2.59. The zero-order valence-corrected chi connectivity index (χ0v) is 14.8. The molecule has 3 aromatic rings. The number of hydrogen-bond acceptors (Lipinski definition) is 3. The number of aromatic nitrogens is 1. The Kier molecular flexibility index (Phi) is 4.98. The van der Waals surface area contributed by atoms with E-state index >= 15 is 0 Å². The topological polar surface area (TPSA) is 42.4 Å². The molecule has 25 heavy (non-hydrogen) atoms. The number of fused-ring (bicyclic) bond motifs is 1. The summed E-state index contributed by atoms with van der Waals surface area (Å²) < 4.78 is 5.80. The quantitative estimate of drug-likeness (QED) is 0.708. The van der Waals surface area contributed by atoms with E-state index in [1.165, 1.54) is 11.1 Å². The number of carbonyl (C=O) groups is 1. The molecule has 4 nitrogen and oxygen atoms in total. The summed E-state index contributed by atoms with van der Waals surface area (Å²) in [4.78, 5) is 18.8. The first kappa shape index (κ1) is 17.0. The highest BCUT2D eigenvalue weighted by Crippen LogP contribution is 2.18. The van der Waals surface area contributed by atoms with Crippen LogP contribution in [0.1, 0.15) is 21.5 Å². The van der Waals surface area contributed by atoms with Crippen molar-refractivity contribution >= 4 is 16.8 Å². The minimum Gasteiger partial charge on any atom is -0.492 e. The van der Waals surface area contributed by atoms with Gasteiger partial charge in [0.2, 0.25) is 0 Å². The molecule has 1 aromatic heterocycles. The van der Waals surface area contributed by atoms with E-state index in [9.17, 15) is 4.79 Å². The van der Waals surface area contributed by atoms with Gasteiger partial charge in [-0.3, -0.25) is 9.78 Å². The maximum absolute atomic E-state index is 12.7. The summed E-state index contributed by atoms with van der Waals surface area (Å²) in [6.07, 6.45) is 1.71. The van der Waals surface area contributed by atoms with Crippen LogP contribution in [0, 0.1) is 13.8 Å². The molecule has 0 atom stereocenters. The molecule has 0 saturated carbocycles. The number of benzene rings is 2. The predicted octanol–water partition coefficient (Wildman–Crippen LogP) is 4.00. The van der Waals surface area contributed by atoms with Crippen LogP contribution in [-0.4, -0.2) is 36.0 Å². The monoisotopic (exact) mass is 334 g/mol. The molecule has 0 aliphatic carbocycles. The van der Waals surface area contributed by atoms with Crippen molar-refractivity contribution in [1.82, 2.24) is 9.88 Å². The second kappa shape index (κ2) is 7.34. The molecule has 0 spiro atoms. The zero-order valence-electron chi connectivity index (χ0n) is 14.8. The van der Waals surface area contributed by atoms with Gasteiger partial charge >= 0.3 is 0 Å². The standard InChI is InChI=1S/C21H22N2O2/c1-15-12-16(2)14-18(13-15)25-11-10-23(3)21(24)19-8-4-6-17-7-5-9-22-20(17)19/h4-9,12-14H,10-11H2,1-3H3. The van der Waals surface area contributed by atoms with Crippen molar-refractivity contribution in [2.75, 3.05) is 20.2 Å². The van der Waals surface area contributed by atoms with Gasteiger partial charge in [0.15, 0.2) is 0 Å². The van der Waals surface area contributed by atoms with E-state index in [1.54, 1.807) is 18.1 Å². The van der Waals surface area contributed by atoms with Gasteiger partial charge < -0.3 is 9.64 Å². The number of pyridine rings is 1. The fourth-order valence-electron chi connectivity index (χ4n) is 2.90. The van der Waals surface area contributed by atoms with E-state index in [4.69, 9.17) is 4.74 Å². The summed E-state index contributed by atoms with van der Waals surface area (Å²) in [7, 11) is 1.79. The Morgan fingerprint density at radius 3 is 2.56 bits per heavy atom. The second-order valence-electron chi connectivity index (χ2n) is 6.28. The van der Waals surface area contributed by atoms with Crippen molar-refractivity contribution in [3.63, 3.8) is 0 Å². The molecular formula is C21H22N2O2. The van der Waals surface area contributed by atoms with Gasteiger partial charge in [-0.1, -0.05) is 24.3 Å². The fourth-order valence-corrected chi connectivity index (χ4v) is 2.90. The van der Waals surface area contributed by atoms with Crippen LogP contribution in [0.25, 0.3) is 10.9 Å². The third kappa shape index (κ3) is 3.97. The lowest BCUT2D eigenvalue weighted by molar-refractivity contribution is 0.0775. The van der Waals surface area contributed by atoms with Crippen LogP contribution < -0.4 is 4.74 Å². The summed E-state index contributed by atoms with van der Waals surface area (Å²) in [6.45, 7) is 5.05. The first-order chi connectivity index (χ1) is 12.0. The number of ether oxygens (including phenoxy) is 1. The van der Waals surface area contributed by atoms with Crippen molar-refractivity contribution < 1.29 is 9.53 Å². The smallest absolute Gasteiger partial charge is 0.255 e. The number of likely N-dealkylation sites (N-methyl/N-ethyl adjacent to an activating group) is 1. The van der Waals surface area contributed by atoms with Gasteiger partial charge in [0.05, 0.1) is 17.6 Å². The van der Waals surface area contributed by atoms with E-state index < -0.39 is 0 Å². The van der Waals surface area contributed by atoms with Gasteiger partial charge in [0, 0.05) is 18.6 Å². The first-order valence-electron chi connectivity index (χ1n) is 8.35. The van der Waals surface area contributed by atoms with Crippen LogP contribution in [0.5, 0.6) is 5.75 Å².